The van der Waals surface area contributed by atoms with Crippen molar-refractivity contribution < 1.29 is 9.47 Å². The number of aromatic nitrogens is 3. The topological polar surface area (TPSA) is 76.8 Å². The van der Waals surface area contributed by atoms with Crippen molar-refractivity contribution in [3.63, 3.8) is 0 Å². The van der Waals surface area contributed by atoms with E-state index in [1.807, 2.05) is 7.05 Å². The molecule has 0 radical (unpaired) electrons. The second-order valence-electron chi connectivity index (χ2n) is 8.05. The normalized spacial score (nSPS) is 24.2. The summed E-state index contributed by atoms with van der Waals surface area (Å²) in [6, 6.07) is 0. The SMILES string of the molecule is CN=C(NCc1nnc2n1CCCC2)N1CCC(OCC2CCCCO2)CC1. The largest absolute Gasteiger partial charge is 0.376 e. The molecule has 156 valence electrons. The van der Waals surface area contributed by atoms with Gasteiger partial charge < -0.3 is 24.3 Å². The average molecular weight is 391 g/mol. The molecule has 0 spiro atoms. The number of fused-ring (bicyclic) bond motifs is 1. The van der Waals surface area contributed by atoms with Crippen LogP contribution in [0.15, 0.2) is 4.99 Å². The minimum atomic E-state index is 0.301. The molecule has 3 aliphatic heterocycles. The van der Waals surface area contributed by atoms with E-state index in [9.17, 15) is 0 Å². The van der Waals surface area contributed by atoms with Crippen LogP contribution in [0.3, 0.4) is 0 Å². The molecule has 0 aliphatic carbocycles. The first kappa shape index (κ1) is 19.6. The highest BCUT2D eigenvalue weighted by Crippen LogP contribution is 2.18. The van der Waals surface area contributed by atoms with Gasteiger partial charge in [0, 0.05) is 39.7 Å². The molecule has 1 N–H and O–H groups in total. The smallest absolute Gasteiger partial charge is 0.194 e. The summed E-state index contributed by atoms with van der Waals surface area (Å²) in [6.07, 6.45) is 9.79. The second kappa shape index (κ2) is 9.69. The molecule has 3 aliphatic rings. The van der Waals surface area contributed by atoms with Crippen LogP contribution < -0.4 is 5.32 Å². The maximum Gasteiger partial charge on any atom is 0.194 e. The van der Waals surface area contributed by atoms with Crippen molar-refractivity contribution in [1.82, 2.24) is 25.0 Å². The van der Waals surface area contributed by atoms with Crippen LogP contribution in [0.1, 0.15) is 56.6 Å². The Morgan fingerprint density at radius 1 is 1.14 bits per heavy atom. The van der Waals surface area contributed by atoms with E-state index in [2.05, 4.69) is 30.0 Å². The van der Waals surface area contributed by atoms with Crippen molar-refractivity contribution in [3.8, 4) is 0 Å². The lowest BCUT2D eigenvalue weighted by Gasteiger charge is -2.35. The van der Waals surface area contributed by atoms with Crippen molar-refractivity contribution >= 4 is 5.96 Å². The van der Waals surface area contributed by atoms with Gasteiger partial charge in [0.05, 0.1) is 25.4 Å². The number of rotatable bonds is 5. The highest BCUT2D eigenvalue weighted by atomic mass is 16.5. The van der Waals surface area contributed by atoms with Crippen LogP contribution in [0.4, 0.5) is 0 Å². The highest BCUT2D eigenvalue weighted by Gasteiger charge is 2.24. The number of piperidine rings is 1. The number of hydrogen-bond acceptors (Lipinski definition) is 5. The monoisotopic (exact) mass is 390 g/mol. The van der Waals surface area contributed by atoms with E-state index in [-0.39, 0.29) is 0 Å². The fourth-order valence-corrected chi connectivity index (χ4v) is 4.41. The third-order valence-corrected chi connectivity index (χ3v) is 6.09. The van der Waals surface area contributed by atoms with Gasteiger partial charge in [0.1, 0.15) is 5.82 Å². The Kier molecular flexibility index (Phi) is 6.80. The zero-order valence-electron chi connectivity index (χ0n) is 17.1. The number of hydrogen-bond donors (Lipinski definition) is 1. The molecule has 0 bridgehead atoms. The molecule has 4 heterocycles. The molecule has 8 nitrogen and oxygen atoms in total. The fourth-order valence-electron chi connectivity index (χ4n) is 4.41. The van der Waals surface area contributed by atoms with Gasteiger partial charge in [-0.05, 0) is 44.9 Å². The lowest BCUT2D eigenvalue weighted by Crippen LogP contribution is -2.47. The van der Waals surface area contributed by atoms with Crippen molar-refractivity contribution in [2.24, 2.45) is 4.99 Å². The Morgan fingerprint density at radius 2 is 2.04 bits per heavy atom. The van der Waals surface area contributed by atoms with Crippen LogP contribution in [0.5, 0.6) is 0 Å². The summed E-state index contributed by atoms with van der Waals surface area (Å²) in [4.78, 5) is 6.80. The van der Waals surface area contributed by atoms with Gasteiger partial charge in [-0.1, -0.05) is 0 Å². The molecular weight excluding hydrogens is 356 g/mol. The van der Waals surface area contributed by atoms with Crippen LogP contribution in [0.2, 0.25) is 0 Å². The van der Waals surface area contributed by atoms with Crippen molar-refractivity contribution in [2.75, 3.05) is 33.4 Å². The Hall–Kier alpha value is -1.67. The predicted molar refractivity (Wildman–Crippen MR) is 107 cm³/mol. The van der Waals surface area contributed by atoms with Crippen LogP contribution in [0.25, 0.3) is 0 Å². The predicted octanol–water partition coefficient (Wildman–Crippen LogP) is 1.74. The molecule has 2 saturated heterocycles. The highest BCUT2D eigenvalue weighted by molar-refractivity contribution is 5.79. The standard InChI is InChI=1S/C20H34N6O2/c1-21-20(22-14-19-24-23-18-7-2-4-10-26(18)19)25-11-8-16(9-12-25)28-15-17-6-3-5-13-27-17/h16-17H,2-15H2,1H3,(H,21,22). The molecule has 2 fully saturated rings. The minimum Gasteiger partial charge on any atom is -0.376 e. The maximum absolute atomic E-state index is 6.13. The van der Waals surface area contributed by atoms with E-state index >= 15 is 0 Å². The molecule has 28 heavy (non-hydrogen) atoms. The number of nitrogens with zero attached hydrogens (tertiary/aromatic N) is 5. The van der Waals surface area contributed by atoms with E-state index in [1.54, 1.807) is 0 Å². The molecule has 8 heteroatoms. The molecule has 1 aromatic rings. The summed E-state index contributed by atoms with van der Waals surface area (Å²) in [5.74, 6) is 3.08. The van der Waals surface area contributed by atoms with Gasteiger partial charge in [0.25, 0.3) is 0 Å². The van der Waals surface area contributed by atoms with Gasteiger partial charge in [-0.3, -0.25) is 4.99 Å². The van der Waals surface area contributed by atoms with Gasteiger partial charge >= 0.3 is 0 Å². The summed E-state index contributed by atoms with van der Waals surface area (Å²) in [6.45, 7) is 5.28. The lowest BCUT2D eigenvalue weighted by atomic mass is 10.1. The van der Waals surface area contributed by atoms with Crippen LogP contribution >= 0.6 is 0 Å². The number of ether oxygens (including phenoxy) is 2. The molecular formula is C20H34N6O2. The molecule has 1 atom stereocenters. The molecule has 0 saturated carbocycles. The quantitative estimate of drug-likeness (QED) is 0.610. The summed E-state index contributed by atoms with van der Waals surface area (Å²) in [5, 5.41) is 12.2. The molecule has 4 rings (SSSR count). The Bertz CT molecular complexity index is 647. The number of guanidine groups is 1. The zero-order chi connectivity index (χ0) is 19.2. The van der Waals surface area contributed by atoms with Gasteiger partial charge in [-0.2, -0.15) is 0 Å². The number of aliphatic imine (C=N–C) groups is 1. The minimum absolute atomic E-state index is 0.301. The van der Waals surface area contributed by atoms with E-state index in [1.165, 1.54) is 25.7 Å². The molecule has 0 aromatic carbocycles. The van der Waals surface area contributed by atoms with Crippen LogP contribution in [-0.4, -0.2) is 71.2 Å². The second-order valence-corrected chi connectivity index (χ2v) is 8.05. The fraction of sp³-hybridized carbons (Fsp3) is 0.850. The van der Waals surface area contributed by atoms with E-state index in [0.29, 0.717) is 18.8 Å². The van der Waals surface area contributed by atoms with Gasteiger partial charge in [0.2, 0.25) is 0 Å². The first-order valence-corrected chi connectivity index (χ1v) is 10.9. The third-order valence-electron chi connectivity index (χ3n) is 6.09. The van der Waals surface area contributed by atoms with Crippen molar-refractivity contribution in [3.05, 3.63) is 11.6 Å². The van der Waals surface area contributed by atoms with Crippen LogP contribution in [-0.2, 0) is 29.0 Å². The summed E-state index contributed by atoms with van der Waals surface area (Å²) < 4.78 is 14.2. The van der Waals surface area contributed by atoms with E-state index in [4.69, 9.17) is 9.47 Å². The lowest BCUT2D eigenvalue weighted by molar-refractivity contribution is -0.0721. The van der Waals surface area contributed by atoms with E-state index < -0.39 is 0 Å². The molecule has 1 unspecified atom stereocenters. The Labute approximate surface area is 167 Å². The first-order valence-electron chi connectivity index (χ1n) is 10.9. The average Bonchev–Trinajstić information content (AvgIpc) is 3.17. The van der Waals surface area contributed by atoms with Gasteiger partial charge in [-0.15, -0.1) is 10.2 Å². The zero-order valence-corrected chi connectivity index (χ0v) is 17.1. The van der Waals surface area contributed by atoms with E-state index in [0.717, 1.165) is 76.1 Å². The maximum atomic E-state index is 6.13. The van der Waals surface area contributed by atoms with Crippen molar-refractivity contribution in [2.45, 2.75) is 76.7 Å². The molecule has 0 amide bonds. The summed E-state index contributed by atoms with van der Waals surface area (Å²) in [7, 11) is 1.85. The molecule has 1 aromatic heterocycles. The van der Waals surface area contributed by atoms with Crippen LogP contribution in [0, 0.1) is 0 Å². The van der Waals surface area contributed by atoms with Crippen molar-refractivity contribution in [1.29, 1.82) is 0 Å². The Balaban J connectivity index is 1.21. The third kappa shape index (κ3) is 4.84. The number of nitrogens with one attached hydrogen (secondary N) is 1. The number of aryl methyl sites for hydroxylation is 1. The van der Waals surface area contributed by atoms with Gasteiger partial charge in [0.15, 0.2) is 11.8 Å². The number of likely N-dealkylation sites (tertiary alicyclic amines) is 1. The van der Waals surface area contributed by atoms with Gasteiger partial charge in [-0.25, -0.2) is 0 Å². The first-order chi connectivity index (χ1) is 13.8. The summed E-state index contributed by atoms with van der Waals surface area (Å²) >= 11 is 0. The summed E-state index contributed by atoms with van der Waals surface area (Å²) in [5.41, 5.74) is 0. The Morgan fingerprint density at radius 3 is 2.82 bits per heavy atom.